The molecule has 142 valence electrons. The van der Waals surface area contributed by atoms with E-state index in [-0.39, 0.29) is 23.0 Å². The Morgan fingerprint density at radius 3 is 2.74 bits per heavy atom. The van der Waals surface area contributed by atoms with Crippen LogP contribution in [0.1, 0.15) is 49.8 Å². The van der Waals surface area contributed by atoms with Crippen LogP contribution in [0, 0.1) is 24.2 Å². The minimum absolute atomic E-state index is 0.0326. The average molecular weight is 387 g/mol. The maximum atomic E-state index is 13.0. The Labute approximate surface area is 162 Å². The number of hydrogen-bond donors (Lipinski definition) is 0. The molecule has 0 saturated heterocycles. The number of carbonyl (C=O) groups excluding carboxylic acids is 1. The Morgan fingerprint density at radius 1 is 1.30 bits per heavy atom. The van der Waals surface area contributed by atoms with Gasteiger partial charge in [0.25, 0.3) is 5.56 Å². The third-order valence-corrected chi connectivity index (χ3v) is 7.08. The van der Waals surface area contributed by atoms with Crippen LogP contribution in [0.3, 0.4) is 0 Å². The van der Waals surface area contributed by atoms with E-state index in [0.29, 0.717) is 23.2 Å². The summed E-state index contributed by atoms with van der Waals surface area (Å²) < 4.78 is 7.19. The molecule has 6 rings (SSSR count). The number of alkyl halides is 1. The highest BCUT2D eigenvalue weighted by Gasteiger charge is 2.60. The molecule has 4 fully saturated rings. The van der Waals surface area contributed by atoms with Gasteiger partial charge in [-0.25, -0.2) is 4.98 Å². The van der Waals surface area contributed by atoms with E-state index in [1.165, 1.54) is 16.9 Å². The van der Waals surface area contributed by atoms with Crippen molar-refractivity contribution in [3.63, 3.8) is 0 Å². The zero-order valence-electron chi connectivity index (χ0n) is 15.4. The molecule has 2 aromatic heterocycles. The normalized spacial score (nSPS) is 34.1. The molecule has 4 bridgehead atoms. The minimum atomic E-state index is -0.436. The first kappa shape index (κ1) is 17.2. The molecule has 5 nitrogen and oxygen atoms in total. The monoisotopic (exact) mass is 386 g/mol. The van der Waals surface area contributed by atoms with Crippen molar-refractivity contribution in [1.82, 2.24) is 9.38 Å². The lowest BCUT2D eigenvalue weighted by Crippen LogP contribution is -2.56. The van der Waals surface area contributed by atoms with E-state index in [9.17, 15) is 9.59 Å². The van der Waals surface area contributed by atoms with Gasteiger partial charge >= 0.3 is 5.97 Å². The molecular weight excluding hydrogens is 364 g/mol. The van der Waals surface area contributed by atoms with E-state index >= 15 is 0 Å². The predicted molar refractivity (Wildman–Crippen MR) is 102 cm³/mol. The van der Waals surface area contributed by atoms with E-state index in [4.69, 9.17) is 16.3 Å². The van der Waals surface area contributed by atoms with Crippen molar-refractivity contribution in [3.05, 3.63) is 46.0 Å². The number of fused-ring (bicyclic) bond motifs is 1. The summed E-state index contributed by atoms with van der Waals surface area (Å²) >= 11 is 6.82. The third-order valence-electron chi connectivity index (χ3n) is 6.63. The van der Waals surface area contributed by atoms with Gasteiger partial charge in [0.2, 0.25) is 0 Å². The van der Waals surface area contributed by atoms with Crippen LogP contribution in [0.2, 0.25) is 0 Å². The summed E-state index contributed by atoms with van der Waals surface area (Å²) in [5.41, 5.74) is 1.44. The highest BCUT2D eigenvalue weighted by atomic mass is 35.5. The van der Waals surface area contributed by atoms with Crippen molar-refractivity contribution in [3.8, 4) is 0 Å². The number of halogens is 1. The molecule has 0 radical (unpaired) electrons. The van der Waals surface area contributed by atoms with E-state index in [1.54, 1.807) is 12.3 Å². The summed E-state index contributed by atoms with van der Waals surface area (Å²) in [4.78, 5) is 29.6. The van der Waals surface area contributed by atoms with Crippen LogP contribution >= 0.6 is 11.6 Å². The van der Waals surface area contributed by atoms with Crippen molar-refractivity contribution >= 4 is 23.2 Å². The van der Waals surface area contributed by atoms with Crippen molar-refractivity contribution in [2.45, 2.75) is 56.9 Å². The molecule has 0 spiro atoms. The molecule has 2 aromatic rings. The van der Waals surface area contributed by atoms with Crippen LogP contribution in [0.15, 0.2) is 29.2 Å². The number of aryl methyl sites for hydroxylation is 1. The van der Waals surface area contributed by atoms with Crippen LogP contribution in [0.4, 0.5) is 0 Å². The molecule has 0 amide bonds. The first-order valence-electron chi connectivity index (χ1n) is 9.69. The summed E-state index contributed by atoms with van der Waals surface area (Å²) in [6.45, 7) is 1.96. The molecule has 27 heavy (non-hydrogen) atoms. The van der Waals surface area contributed by atoms with Crippen molar-refractivity contribution in [2.24, 2.45) is 17.3 Å². The van der Waals surface area contributed by atoms with E-state index < -0.39 is 5.41 Å². The maximum absolute atomic E-state index is 13.0. The lowest BCUT2D eigenvalue weighted by Gasteiger charge is -2.58. The number of rotatable bonds is 3. The molecule has 2 unspecified atom stereocenters. The molecule has 4 aliphatic carbocycles. The minimum Gasteiger partial charge on any atom is -0.459 e. The Kier molecular flexibility index (Phi) is 3.71. The molecule has 0 N–H and O–H groups in total. The molecule has 2 atom stereocenters. The Morgan fingerprint density at radius 2 is 2.04 bits per heavy atom. The van der Waals surface area contributed by atoms with Crippen LogP contribution < -0.4 is 5.56 Å². The third kappa shape index (κ3) is 2.87. The fourth-order valence-corrected chi connectivity index (χ4v) is 6.71. The molecule has 2 heterocycles. The largest absolute Gasteiger partial charge is 0.459 e. The first-order chi connectivity index (χ1) is 12.8. The second-order valence-electron chi connectivity index (χ2n) is 8.99. The summed E-state index contributed by atoms with van der Waals surface area (Å²) in [7, 11) is 0. The van der Waals surface area contributed by atoms with Gasteiger partial charge in [-0.15, -0.1) is 11.6 Å². The Bertz CT molecular complexity index is 985. The highest BCUT2D eigenvalue weighted by Crippen LogP contribution is 2.64. The van der Waals surface area contributed by atoms with Crippen molar-refractivity contribution in [1.29, 1.82) is 0 Å². The number of aromatic nitrogens is 2. The average Bonchev–Trinajstić information content (AvgIpc) is 2.58. The zero-order valence-corrected chi connectivity index (χ0v) is 16.2. The van der Waals surface area contributed by atoms with Gasteiger partial charge in [-0.1, -0.05) is 6.07 Å². The number of nitrogens with zero attached hydrogens (tertiary/aromatic N) is 2. The number of esters is 1. The summed E-state index contributed by atoms with van der Waals surface area (Å²) in [6, 6.07) is 5.16. The fraction of sp³-hybridized carbons (Fsp3) is 0.571. The standard InChI is InChI=1S/C21H23ClN2O3/c1-13-2-3-17-23-16(5-18(25)24(17)10-13)11-27-19(26)20-6-14-4-15(7-20)9-21(22,8-14)12-20/h2-3,5,10,14-15H,4,6-9,11-12H2,1H3. The predicted octanol–water partition coefficient (Wildman–Crippen LogP) is 3.62. The maximum Gasteiger partial charge on any atom is 0.312 e. The van der Waals surface area contributed by atoms with Gasteiger partial charge in [0.15, 0.2) is 0 Å². The summed E-state index contributed by atoms with van der Waals surface area (Å²) in [6.07, 6.45) is 7.53. The fourth-order valence-electron chi connectivity index (χ4n) is 6.01. The van der Waals surface area contributed by atoms with Gasteiger partial charge in [0, 0.05) is 17.1 Å². The quantitative estimate of drug-likeness (QED) is 0.597. The van der Waals surface area contributed by atoms with Crippen LogP contribution in [-0.2, 0) is 16.1 Å². The second kappa shape index (κ2) is 5.81. The smallest absolute Gasteiger partial charge is 0.312 e. The molecule has 6 heteroatoms. The molecule has 4 aliphatic rings. The number of hydrogen-bond acceptors (Lipinski definition) is 4. The number of pyridine rings is 1. The zero-order chi connectivity index (χ0) is 18.8. The number of ether oxygens (including phenoxy) is 1. The SMILES string of the molecule is Cc1ccc2nc(COC(=O)C34CC5CC(CC(Cl)(C5)C3)C4)cc(=O)n2c1. The molecule has 0 aromatic carbocycles. The van der Waals surface area contributed by atoms with Gasteiger partial charge in [-0.05, 0) is 68.9 Å². The lowest BCUT2D eigenvalue weighted by molar-refractivity contribution is -0.171. The highest BCUT2D eigenvalue weighted by molar-refractivity contribution is 6.24. The summed E-state index contributed by atoms with van der Waals surface area (Å²) in [5.74, 6) is 0.929. The van der Waals surface area contributed by atoms with Crippen LogP contribution in [0.5, 0.6) is 0 Å². The van der Waals surface area contributed by atoms with Gasteiger partial charge in [0.1, 0.15) is 12.3 Å². The van der Waals surface area contributed by atoms with Gasteiger partial charge in [-0.2, -0.15) is 0 Å². The summed E-state index contributed by atoms with van der Waals surface area (Å²) in [5, 5.41) is 0. The topological polar surface area (TPSA) is 60.7 Å². The Hall–Kier alpha value is -1.88. The molecule has 4 saturated carbocycles. The van der Waals surface area contributed by atoms with Crippen molar-refractivity contribution in [2.75, 3.05) is 0 Å². The van der Waals surface area contributed by atoms with E-state index in [1.807, 2.05) is 13.0 Å². The lowest BCUT2D eigenvalue weighted by atomic mass is 9.49. The van der Waals surface area contributed by atoms with Crippen LogP contribution in [0.25, 0.3) is 5.65 Å². The van der Waals surface area contributed by atoms with Gasteiger partial charge in [-0.3, -0.25) is 14.0 Å². The van der Waals surface area contributed by atoms with E-state index in [2.05, 4.69) is 4.98 Å². The number of carbonyl (C=O) groups is 1. The van der Waals surface area contributed by atoms with Gasteiger partial charge < -0.3 is 4.74 Å². The molecule has 0 aliphatic heterocycles. The second-order valence-corrected chi connectivity index (χ2v) is 9.79. The van der Waals surface area contributed by atoms with Crippen molar-refractivity contribution < 1.29 is 9.53 Å². The van der Waals surface area contributed by atoms with E-state index in [0.717, 1.165) is 37.7 Å². The van der Waals surface area contributed by atoms with Gasteiger partial charge in [0.05, 0.1) is 11.1 Å². The first-order valence-corrected chi connectivity index (χ1v) is 10.1. The molecular formula is C21H23ClN2O3. The Balaban J connectivity index is 1.36. The van der Waals surface area contributed by atoms with Crippen LogP contribution in [-0.4, -0.2) is 20.2 Å².